The van der Waals surface area contributed by atoms with Crippen LogP contribution in [0.25, 0.3) is 6.08 Å². The second-order valence-electron chi connectivity index (χ2n) is 9.87. The van der Waals surface area contributed by atoms with Gasteiger partial charge in [0, 0.05) is 32.2 Å². The predicted octanol–water partition coefficient (Wildman–Crippen LogP) is 5.42. The van der Waals surface area contributed by atoms with Gasteiger partial charge in [0.2, 0.25) is 0 Å². The maximum absolute atomic E-state index is 13.2. The highest BCUT2D eigenvalue weighted by Crippen LogP contribution is 2.37. The molecule has 0 N–H and O–H groups in total. The summed E-state index contributed by atoms with van der Waals surface area (Å²) >= 11 is 6.83. The minimum absolute atomic E-state index is 0.0922. The molecule has 0 saturated carbocycles. The molecular weight excluding hydrogens is 500 g/mol. The van der Waals surface area contributed by atoms with E-state index in [0.717, 1.165) is 63.0 Å². The standard InChI is InChI=1S/C29H34N4O2S2/c1-4-5-9-14-33-28(35)25(37-29(33)36)18-23-20(2)24(19-30)27(34)31(3)26(23)32-15-12-22(13-16-32)17-21-10-7-6-8-11-21/h6-8,10-11,18,22H,4-5,9,12-17H2,1-3H3/b25-18+. The molecule has 1 aromatic carbocycles. The molecule has 4 rings (SSSR count). The van der Waals surface area contributed by atoms with Gasteiger partial charge in [0.1, 0.15) is 21.8 Å². The molecule has 2 saturated heterocycles. The average Bonchev–Trinajstić information content (AvgIpc) is 3.16. The molecule has 6 nitrogen and oxygen atoms in total. The maximum Gasteiger partial charge on any atom is 0.270 e. The number of hydrogen-bond acceptors (Lipinski definition) is 6. The lowest BCUT2D eigenvalue weighted by molar-refractivity contribution is -0.122. The van der Waals surface area contributed by atoms with Crippen LogP contribution in [0.3, 0.4) is 0 Å². The van der Waals surface area contributed by atoms with Crippen molar-refractivity contribution in [3.63, 3.8) is 0 Å². The number of carbonyl (C=O) groups excluding carboxylic acids is 1. The first kappa shape index (κ1) is 27.2. The van der Waals surface area contributed by atoms with Crippen molar-refractivity contribution in [1.29, 1.82) is 5.26 Å². The first-order chi connectivity index (χ1) is 17.8. The Hall–Kier alpha value is -2.89. The fourth-order valence-corrected chi connectivity index (χ4v) is 6.52. The van der Waals surface area contributed by atoms with Crippen LogP contribution in [0, 0.1) is 24.2 Å². The molecular formula is C29H34N4O2S2. The number of hydrogen-bond donors (Lipinski definition) is 0. The van der Waals surface area contributed by atoms with Gasteiger partial charge in [0.15, 0.2) is 0 Å². The molecule has 3 heterocycles. The number of pyridine rings is 1. The lowest BCUT2D eigenvalue weighted by Gasteiger charge is -2.36. The van der Waals surface area contributed by atoms with Crippen LogP contribution in [0.2, 0.25) is 0 Å². The number of carbonyl (C=O) groups is 1. The van der Waals surface area contributed by atoms with Gasteiger partial charge in [-0.2, -0.15) is 5.26 Å². The SMILES string of the molecule is CCCCCN1C(=O)/C(=C\c2c(C)c(C#N)c(=O)n(C)c2N2CCC(Cc3ccccc3)CC2)SC1=S. The number of aromatic nitrogens is 1. The summed E-state index contributed by atoms with van der Waals surface area (Å²) in [6.45, 7) is 6.18. The number of nitriles is 1. The molecule has 0 bridgehead atoms. The van der Waals surface area contributed by atoms with Gasteiger partial charge in [-0.1, -0.05) is 74.1 Å². The molecule has 2 fully saturated rings. The van der Waals surface area contributed by atoms with Crippen LogP contribution in [0.15, 0.2) is 40.0 Å². The molecule has 2 aliphatic rings. The Morgan fingerprint density at radius 2 is 1.86 bits per heavy atom. The summed E-state index contributed by atoms with van der Waals surface area (Å²) in [7, 11) is 1.72. The van der Waals surface area contributed by atoms with E-state index in [4.69, 9.17) is 12.2 Å². The number of rotatable bonds is 8. The van der Waals surface area contributed by atoms with E-state index in [1.165, 1.54) is 17.3 Å². The van der Waals surface area contributed by atoms with Gasteiger partial charge in [-0.25, -0.2) is 0 Å². The molecule has 0 atom stereocenters. The number of piperidine rings is 1. The molecule has 0 unspecified atom stereocenters. The van der Waals surface area contributed by atoms with Crippen LogP contribution in [-0.2, 0) is 18.3 Å². The number of anilines is 1. The van der Waals surface area contributed by atoms with Crippen molar-refractivity contribution in [2.45, 2.75) is 52.4 Å². The van der Waals surface area contributed by atoms with Crippen molar-refractivity contribution >= 4 is 46.1 Å². The first-order valence-corrected chi connectivity index (χ1v) is 14.3. The second kappa shape index (κ2) is 12.1. The van der Waals surface area contributed by atoms with Gasteiger partial charge < -0.3 is 4.90 Å². The monoisotopic (exact) mass is 534 g/mol. The fourth-order valence-electron chi connectivity index (χ4n) is 5.23. The van der Waals surface area contributed by atoms with E-state index in [1.807, 2.05) is 12.1 Å². The molecule has 1 amide bonds. The van der Waals surface area contributed by atoms with Crippen LogP contribution in [0.1, 0.15) is 61.3 Å². The van der Waals surface area contributed by atoms with Crippen molar-refractivity contribution in [3.8, 4) is 6.07 Å². The molecule has 8 heteroatoms. The van der Waals surface area contributed by atoms with E-state index in [-0.39, 0.29) is 17.0 Å². The molecule has 1 aromatic heterocycles. The summed E-state index contributed by atoms with van der Waals surface area (Å²) in [6, 6.07) is 12.6. The maximum atomic E-state index is 13.2. The number of thiocarbonyl (C=S) groups is 1. The molecule has 2 aliphatic heterocycles. The molecule has 2 aromatic rings. The topological polar surface area (TPSA) is 69.3 Å². The van der Waals surface area contributed by atoms with Gasteiger partial charge in [0.25, 0.3) is 11.5 Å². The van der Waals surface area contributed by atoms with Gasteiger partial charge in [-0.05, 0) is 55.7 Å². The lowest BCUT2D eigenvalue weighted by atomic mass is 9.90. The van der Waals surface area contributed by atoms with E-state index in [2.05, 4.69) is 42.2 Å². The third-order valence-electron chi connectivity index (χ3n) is 7.38. The smallest absolute Gasteiger partial charge is 0.270 e. The molecule has 194 valence electrons. The van der Waals surface area contributed by atoms with E-state index < -0.39 is 0 Å². The Balaban J connectivity index is 1.64. The molecule has 0 spiro atoms. The Bertz CT molecular complexity index is 1300. The fraction of sp³-hybridized carbons (Fsp3) is 0.448. The lowest BCUT2D eigenvalue weighted by Crippen LogP contribution is -2.39. The normalized spacial score (nSPS) is 17.6. The van der Waals surface area contributed by atoms with E-state index >= 15 is 0 Å². The van der Waals surface area contributed by atoms with Gasteiger partial charge >= 0.3 is 0 Å². The Morgan fingerprint density at radius 1 is 1.16 bits per heavy atom. The predicted molar refractivity (Wildman–Crippen MR) is 156 cm³/mol. The number of thioether (sulfide) groups is 1. The van der Waals surface area contributed by atoms with Crippen molar-refractivity contribution < 1.29 is 4.79 Å². The quantitative estimate of drug-likeness (QED) is 0.256. The van der Waals surface area contributed by atoms with Crippen LogP contribution in [0.5, 0.6) is 0 Å². The minimum atomic E-state index is -0.300. The zero-order valence-electron chi connectivity index (χ0n) is 21.8. The summed E-state index contributed by atoms with van der Waals surface area (Å²) in [5.41, 5.74) is 2.54. The number of benzene rings is 1. The van der Waals surface area contributed by atoms with Gasteiger partial charge in [-0.3, -0.25) is 19.1 Å². The van der Waals surface area contributed by atoms with Crippen LogP contribution in [0.4, 0.5) is 5.82 Å². The van der Waals surface area contributed by atoms with Gasteiger partial charge in [-0.15, -0.1) is 0 Å². The van der Waals surface area contributed by atoms with E-state index in [0.29, 0.717) is 27.3 Å². The Morgan fingerprint density at radius 3 is 2.51 bits per heavy atom. The van der Waals surface area contributed by atoms with Crippen LogP contribution < -0.4 is 10.5 Å². The van der Waals surface area contributed by atoms with E-state index in [1.54, 1.807) is 23.4 Å². The summed E-state index contributed by atoms with van der Waals surface area (Å²) in [5, 5.41) is 9.74. The molecule has 0 radical (unpaired) electrons. The summed E-state index contributed by atoms with van der Waals surface area (Å²) in [4.78, 5) is 30.8. The zero-order valence-corrected chi connectivity index (χ0v) is 23.5. The zero-order chi connectivity index (χ0) is 26.5. The summed E-state index contributed by atoms with van der Waals surface area (Å²) in [6.07, 6.45) is 7.96. The van der Waals surface area contributed by atoms with E-state index in [9.17, 15) is 14.9 Å². The highest BCUT2D eigenvalue weighted by molar-refractivity contribution is 8.26. The van der Waals surface area contributed by atoms with Crippen molar-refractivity contribution in [3.05, 3.63) is 67.8 Å². The number of unbranched alkanes of at least 4 members (excludes halogenated alkanes) is 2. The Kier molecular flexibility index (Phi) is 8.88. The van der Waals surface area contributed by atoms with Crippen molar-refractivity contribution in [2.24, 2.45) is 13.0 Å². The average molecular weight is 535 g/mol. The highest BCUT2D eigenvalue weighted by Gasteiger charge is 2.33. The first-order valence-electron chi connectivity index (χ1n) is 13.0. The van der Waals surface area contributed by atoms with Crippen molar-refractivity contribution in [2.75, 3.05) is 24.5 Å². The summed E-state index contributed by atoms with van der Waals surface area (Å²) in [5.74, 6) is 1.26. The highest BCUT2D eigenvalue weighted by atomic mass is 32.2. The summed E-state index contributed by atoms with van der Waals surface area (Å²) < 4.78 is 2.15. The van der Waals surface area contributed by atoms with Crippen molar-refractivity contribution in [1.82, 2.24) is 9.47 Å². The third kappa shape index (κ3) is 5.83. The second-order valence-corrected chi connectivity index (χ2v) is 11.5. The molecule has 0 aliphatic carbocycles. The van der Waals surface area contributed by atoms with Gasteiger partial charge in [0.05, 0.1) is 4.91 Å². The van der Waals surface area contributed by atoms with Crippen LogP contribution >= 0.6 is 24.0 Å². The minimum Gasteiger partial charge on any atom is -0.357 e. The largest absolute Gasteiger partial charge is 0.357 e. The Labute approximate surface area is 229 Å². The van der Waals surface area contributed by atoms with Crippen LogP contribution in [-0.4, -0.2) is 39.3 Å². The molecule has 37 heavy (non-hydrogen) atoms. The number of amides is 1. The number of nitrogens with zero attached hydrogens (tertiary/aromatic N) is 4. The third-order valence-corrected chi connectivity index (χ3v) is 8.76.